The normalized spacial score (nSPS) is 10.2. The number of rotatable bonds is 4. The van der Waals surface area contributed by atoms with Crippen LogP contribution in [0.3, 0.4) is 0 Å². The van der Waals surface area contributed by atoms with Crippen molar-refractivity contribution in [2.75, 3.05) is 11.9 Å². The first kappa shape index (κ1) is 13.4. The van der Waals surface area contributed by atoms with Crippen LogP contribution in [-0.2, 0) is 6.54 Å². The molecule has 0 saturated carbocycles. The van der Waals surface area contributed by atoms with Crippen LogP contribution in [0.25, 0.3) is 0 Å². The summed E-state index contributed by atoms with van der Waals surface area (Å²) in [6.45, 7) is 0.715. The van der Waals surface area contributed by atoms with Gasteiger partial charge in [0, 0.05) is 30.4 Å². The Bertz CT molecular complexity index is 580. The Morgan fingerprint density at radius 3 is 2.74 bits per heavy atom. The molecule has 0 bridgehead atoms. The molecular formula is C14H15ClN4. The number of nitrogens with one attached hydrogen (secondary N) is 1. The second-order valence-electron chi connectivity index (χ2n) is 4.30. The molecule has 0 amide bonds. The van der Waals surface area contributed by atoms with Crippen molar-refractivity contribution in [2.45, 2.75) is 6.54 Å². The molecule has 0 atom stereocenters. The molecule has 2 aromatic rings. The summed E-state index contributed by atoms with van der Waals surface area (Å²) in [5.41, 5.74) is 7.14. The van der Waals surface area contributed by atoms with Crippen molar-refractivity contribution in [2.24, 2.45) is 5.73 Å². The Morgan fingerprint density at radius 2 is 2.16 bits per heavy atom. The quantitative estimate of drug-likeness (QED) is 0.665. The van der Waals surface area contributed by atoms with Crippen molar-refractivity contribution in [3.8, 4) is 0 Å². The van der Waals surface area contributed by atoms with Crippen LogP contribution < -0.4 is 10.6 Å². The number of halogens is 1. The third kappa shape index (κ3) is 3.45. The predicted octanol–water partition coefficient (Wildman–Crippen LogP) is 2.66. The van der Waals surface area contributed by atoms with E-state index in [4.69, 9.17) is 22.7 Å². The molecule has 4 nitrogen and oxygen atoms in total. The van der Waals surface area contributed by atoms with Gasteiger partial charge in [-0.2, -0.15) is 0 Å². The highest BCUT2D eigenvalue weighted by Gasteiger charge is 2.05. The fourth-order valence-corrected chi connectivity index (χ4v) is 1.97. The first-order valence-corrected chi connectivity index (χ1v) is 6.20. The fraction of sp³-hybridized carbons (Fsp3) is 0.143. The van der Waals surface area contributed by atoms with Gasteiger partial charge in [-0.15, -0.1) is 0 Å². The van der Waals surface area contributed by atoms with Crippen LogP contribution in [0.4, 0.5) is 5.82 Å². The van der Waals surface area contributed by atoms with Gasteiger partial charge in [-0.05, 0) is 29.8 Å². The molecule has 2 rings (SSSR count). The van der Waals surface area contributed by atoms with Crippen LogP contribution in [0, 0.1) is 5.41 Å². The number of aromatic nitrogens is 1. The number of hydrogen-bond acceptors (Lipinski definition) is 3. The van der Waals surface area contributed by atoms with Crippen molar-refractivity contribution >= 4 is 23.3 Å². The summed E-state index contributed by atoms with van der Waals surface area (Å²) in [7, 11) is 1.96. The van der Waals surface area contributed by atoms with Gasteiger partial charge in [0.05, 0.1) is 0 Å². The third-order valence-corrected chi connectivity index (χ3v) is 2.99. The second kappa shape index (κ2) is 5.71. The van der Waals surface area contributed by atoms with Crippen LogP contribution in [0.15, 0.2) is 42.6 Å². The molecule has 5 heteroatoms. The molecule has 0 aliphatic rings. The average molecular weight is 275 g/mol. The Hall–Kier alpha value is -2.07. The molecule has 0 fully saturated rings. The van der Waals surface area contributed by atoms with Crippen molar-refractivity contribution in [3.63, 3.8) is 0 Å². The number of pyridine rings is 1. The van der Waals surface area contributed by atoms with Gasteiger partial charge in [0.25, 0.3) is 0 Å². The van der Waals surface area contributed by atoms with Crippen molar-refractivity contribution < 1.29 is 0 Å². The maximum atomic E-state index is 7.33. The van der Waals surface area contributed by atoms with Crippen molar-refractivity contribution in [3.05, 3.63) is 58.7 Å². The Morgan fingerprint density at radius 1 is 1.37 bits per heavy atom. The predicted molar refractivity (Wildman–Crippen MR) is 78.8 cm³/mol. The highest BCUT2D eigenvalue weighted by molar-refractivity contribution is 6.30. The lowest BCUT2D eigenvalue weighted by atomic mass is 10.2. The maximum absolute atomic E-state index is 7.33. The van der Waals surface area contributed by atoms with Gasteiger partial charge < -0.3 is 10.6 Å². The Balaban J connectivity index is 2.11. The molecule has 1 heterocycles. The highest BCUT2D eigenvalue weighted by atomic mass is 35.5. The van der Waals surface area contributed by atoms with E-state index in [0.717, 1.165) is 16.4 Å². The average Bonchev–Trinajstić information content (AvgIpc) is 2.39. The summed E-state index contributed by atoms with van der Waals surface area (Å²) >= 11 is 5.96. The van der Waals surface area contributed by atoms with E-state index in [1.807, 2.05) is 42.3 Å². The minimum absolute atomic E-state index is 0.0246. The minimum Gasteiger partial charge on any atom is -0.384 e. The zero-order valence-electron chi connectivity index (χ0n) is 10.6. The van der Waals surface area contributed by atoms with E-state index in [-0.39, 0.29) is 5.84 Å². The first-order chi connectivity index (χ1) is 9.06. The van der Waals surface area contributed by atoms with E-state index >= 15 is 0 Å². The summed E-state index contributed by atoms with van der Waals surface area (Å²) in [4.78, 5) is 6.30. The Kier molecular flexibility index (Phi) is 4.02. The van der Waals surface area contributed by atoms with Crippen LogP contribution in [0.1, 0.15) is 11.1 Å². The molecule has 0 spiro atoms. The number of amidine groups is 1. The van der Waals surface area contributed by atoms with E-state index in [9.17, 15) is 0 Å². The second-order valence-corrected chi connectivity index (χ2v) is 4.74. The monoisotopic (exact) mass is 274 g/mol. The van der Waals surface area contributed by atoms with Crippen LogP contribution in [-0.4, -0.2) is 17.9 Å². The molecule has 19 heavy (non-hydrogen) atoms. The number of hydrogen-bond donors (Lipinski definition) is 2. The summed E-state index contributed by atoms with van der Waals surface area (Å²) in [6, 6.07) is 11.4. The molecule has 1 aromatic heterocycles. The number of nitrogen functional groups attached to an aromatic ring is 1. The van der Waals surface area contributed by atoms with E-state index in [1.54, 1.807) is 12.3 Å². The largest absolute Gasteiger partial charge is 0.384 e. The summed E-state index contributed by atoms with van der Waals surface area (Å²) in [5.74, 6) is 0.849. The summed E-state index contributed by atoms with van der Waals surface area (Å²) in [6.07, 6.45) is 1.60. The zero-order chi connectivity index (χ0) is 13.8. The van der Waals surface area contributed by atoms with Gasteiger partial charge in [-0.3, -0.25) is 5.41 Å². The van der Waals surface area contributed by atoms with Crippen molar-refractivity contribution in [1.29, 1.82) is 5.41 Å². The van der Waals surface area contributed by atoms with Gasteiger partial charge in [0.2, 0.25) is 0 Å². The minimum atomic E-state index is 0.0246. The van der Waals surface area contributed by atoms with E-state index < -0.39 is 0 Å². The lowest BCUT2D eigenvalue weighted by Crippen LogP contribution is -2.18. The topological polar surface area (TPSA) is 66.0 Å². The summed E-state index contributed by atoms with van der Waals surface area (Å²) in [5, 5.41) is 8.05. The standard InChI is InChI=1S/C14H15ClN4/c1-19(9-10-3-2-4-12(15)7-10)13-6-5-11(8-18-13)14(16)17/h2-8H,9H2,1H3,(H3,16,17). The van der Waals surface area contributed by atoms with Crippen LogP contribution in [0.5, 0.6) is 0 Å². The van der Waals surface area contributed by atoms with Gasteiger partial charge >= 0.3 is 0 Å². The van der Waals surface area contributed by atoms with Crippen molar-refractivity contribution in [1.82, 2.24) is 4.98 Å². The number of anilines is 1. The molecule has 1 aromatic carbocycles. The van der Waals surface area contributed by atoms with Gasteiger partial charge in [0.1, 0.15) is 11.7 Å². The maximum Gasteiger partial charge on any atom is 0.128 e. The fourth-order valence-electron chi connectivity index (χ4n) is 1.76. The van der Waals surface area contributed by atoms with E-state index in [0.29, 0.717) is 12.1 Å². The molecule has 3 N–H and O–H groups in total. The molecule has 0 saturated heterocycles. The van der Waals surface area contributed by atoms with Gasteiger partial charge in [0.15, 0.2) is 0 Å². The van der Waals surface area contributed by atoms with Gasteiger partial charge in [-0.1, -0.05) is 23.7 Å². The highest BCUT2D eigenvalue weighted by Crippen LogP contribution is 2.16. The first-order valence-electron chi connectivity index (χ1n) is 5.82. The third-order valence-electron chi connectivity index (χ3n) is 2.76. The lowest BCUT2D eigenvalue weighted by molar-refractivity contribution is 0.898. The molecule has 0 radical (unpaired) electrons. The zero-order valence-corrected chi connectivity index (χ0v) is 11.4. The van der Waals surface area contributed by atoms with Crippen LogP contribution in [0.2, 0.25) is 5.02 Å². The number of benzene rings is 1. The number of nitrogens with two attached hydrogens (primary N) is 1. The summed E-state index contributed by atoms with van der Waals surface area (Å²) < 4.78 is 0. The van der Waals surface area contributed by atoms with Crippen LogP contribution >= 0.6 is 11.6 Å². The lowest BCUT2D eigenvalue weighted by Gasteiger charge is -2.18. The molecule has 0 aliphatic heterocycles. The molecule has 0 unspecified atom stereocenters. The smallest absolute Gasteiger partial charge is 0.128 e. The SMILES string of the molecule is CN(Cc1cccc(Cl)c1)c1ccc(C(=N)N)cn1. The molecule has 0 aliphatic carbocycles. The molecular weight excluding hydrogens is 260 g/mol. The molecule has 98 valence electrons. The Labute approximate surface area is 117 Å². The van der Waals surface area contributed by atoms with E-state index in [1.165, 1.54) is 0 Å². The number of nitrogens with zero attached hydrogens (tertiary/aromatic N) is 2. The van der Waals surface area contributed by atoms with Gasteiger partial charge in [-0.25, -0.2) is 4.98 Å². The van der Waals surface area contributed by atoms with E-state index in [2.05, 4.69) is 4.98 Å².